The molecule has 0 unspecified atom stereocenters. The van der Waals surface area contributed by atoms with E-state index in [0.29, 0.717) is 38.8 Å². The van der Waals surface area contributed by atoms with E-state index in [1.807, 2.05) is 60.7 Å². The topological polar surface area (TPSA) is 52.6 Å². The lowest BCUT2D eigenvalue weighted by Gasteiger charge is -2.17. The Labute approximate surface area is 210 Å². The first kappa shape index (κ1) is 23.3. The van der Waals surface area contributed by atoms with Crippen LogP contribution in [-0.4, -0.2) is 11.9 Å². The first-order valence-electron chi connectivity index (χ1n) is 12.2. The maximum atomic E-state index is 13.1. The molecule has 4 heteroatoms. The van der Waals surface area contributed by atoms with Crippen molar-refractivity contribution in [2.75, 3.05) is 0 Å². The van der Waals surface area contributed by atoms with Gasteiger partial charge in [-0.1, -0.05) is 86.1 Å². The van der Waals surface area contributed by atoms with Crippen molar-refractivity contribution in [1.29, 1.82) is 0 Å². The summed E-state index contributed by atoms with van der Waals surface area (Å²) >= 11 is 0. The third kappa shape index (κ3) is 4.71. The number of benzene rings is 5. The second kappa shape index (κ2) is 10.4. The van der Waals surface area contributed by atoms with Gasteiger partial charge in [-0.05, 0) is 48.7 Å². The summed E-state index contributed by atoms with van der Waals surface area (Å²) in [6.45, 7) is 2.16. The fraction of sp³-hybridized carbons (Fsp3) is 0.125. The quantitative estimate of drug-likeness (QED) is 0.137. The van der Waals surface area contributed by atoms with Crippen LogP contribution < -0.4 is 9.47 Å². The van der Waals surface area contributed by atoms with Crippen LogP contribution in [-0.2, 0) is 6.42 Å². The highest BCUT2D eigenvalue weighted by Crippen LogP contribution is 2.43. The van der Waals surface area contributed by atoms with Crippen LogP contribution in [0.25, 0.3) is 21.5 Å². The van der Waals surface area contributed by atoms with Crippen molar-refractivity contribution in [3.05, 3.63) is 120 Å². The second-order valence-electron chi connectivity index (χ2n) is 8.70. The summed E-state index contributed by atoms with van der Waals surface area (Å²) in [5, 5.41) is 2.86. The highest BCUT2D eigenvalue weighted by Gasteiger charge is 2.21. The van der Waals surface area contributed by atoms with Gasteiger partial charge in [0.1, 0.15) is 11.5 Å². The van der Waals surface area contributed by atoms with Gasteiger partial charge in [0.05, 0.1) is 11.1 Å². The molecular formula is C32H26O4. The van der Waals surface area contributed by atoms with Gasteiger partial charge in [0.2, 0.25) is 0 Å². The Balaban J connectivity index is 1.70. The number of fused-ring (bicyclic) bond motifs is 2. The normalized spacial score (nSPS) is 10.9. The van der Waals surface area contributed by atoms with Gasteiger partial charge >= 0.3 is 11.9 Å². The van der Waals surface area contributed by atoms with Crippen LogP contribution in [0.3, 0.4) is 0 Å². The first-order chi connectivity index (χ1) is 17.7. The molecule has 36 heavy (non-hydrogen) atoms. The Bertz CT molecular complexity index is 1540. The molecule has 0 radical (unpaired) electrons. The molecule has 0 spiro atoms. The van der Waals surface area contributed by atoms with Crippen molar-refractivity contribution in [3.63, 3.8) is 0 Å². The number of hydrogen-bond acceptors (Lipinski definition) is 4. The van der Waals surface area contributed by atoms with Gasteiger partial charge in [-0.3, -0.25) is 0 Å². The molecule has 0 atom stereocenters. The summed E-state index contributed by atoms with van der Waals surface area (Å²) in [6, 6.07) is 31.5. The second-order valence-corrected chi connectivity index (χ2v) is 8.70. The van der Waals surface area contributed by atoms with E-state index in [2.05, 4.69) is 13.0 Å². The monoisotopic (exact) mass is 474 g/mol. The Kier molecular flexibility index (Phi) is 6.76. The predicted molar refractivity (Wildman–Crippen MR) is 143 cm³/mol. The van der Waals surface area contributed by atoms with Crippen LogP contribution in [0.15, 0.2) is 103 Å². The summed E-state index contributed by atoms with van der Waals surface area (Å²) in [5.41, 5.74) is 2.07. The van der Waals surface area contributed by atoms with Crippen molar-refractivity contribution in [1.82, 2.24) is 0 Å². The molecule has 0 aromatic heterocycles. The number of carbonyl (C=O) groups excluding carboxylic acids is 2. The third-order valence-electron chi connectivity index (χ3n) is 6.22. The number of rotatable bonds is 7. The lowest BCUT2D eigenvalue weighted by molar-refractivity contribution is 0.0726. The van der Waals surface area contributed by atoms with Crippen molar-refractivity contribution >= 4 is 33.5 Å². The molecule has 0 aliphatic heterocycles. The molecule has 0 heterocycles. The van der Waals surface area contributed by atoms with Crippen LogP contribution >= 0.6 is 0 Å². The average molecular weight is 475 g/mol. The van der Waals surface area contributed by atoms with Crippen LogP contribution in [0.1, 0.15) is 46.0 Å². The fourth-order valence-corrected chi connectivity index (χ4v) is 4.35. The van der Waals surface area contributed by atoms with Crippen LogP contribution in [0.5, 0.6) is 11.5 Å². The Hall–Kier alpha value is -4.44. The smallest absolute Gasteiger partial charge is 0.343 e. The maximum absolute atomic E-state index is 13.1. The summed E-state index contributed by atoms with van der Waals surface area (Å²) in [6.07, 6.45) is 3.03. The lowest BCUT2D eigenvalue weighted by atomic mass is 9.97. The van der Waals surface area contributed by atoms with E-state index in [9.17, 15) is 9.59 Å². The SMILES string of the molecule is CCCCc1ccc2c(OC(=O)c3ccccc3)c3ccccc3c(OC(=O)c3ccccc3)c2c1. The minimum absolute atomic E-state index is 0.435. The van der Waals surface area contributed by atoms with E-state index >= 15 is 0 Å². The Morgan fingerprint density at radius 3 is 1.58 bits per heavy atom. The molecule has 0 N–H and O–H groups in total. The molecule has 0 aliphatic carbocycles. The standard InChI is InChI=1S/C32H26O4/c1-2-3-12-22-19-20-27-28(21-22)30(36-32(34)24-15-8-5-9-16-24)26-18-11-10-17-25(26)29(27)35-31(33)23-13-6-4-7-14-23/h4-11,13-21H,2-3,12H2,1H3. The van der Waals surface area contributed by atoms with E-state index in [1.54, 1.807) is 36.4 Å². The van der Waals surface area contributed by atoms with Crippen LogP contribution in [0, 0.1) is 0 Å². The lowest BCUT2D eigenvalue weighted by Crippen LogP contribution is -2.11. The summed E-state index contributed by atoms with van der Waals surface area (Å²) < 4.78 is 12.1. The van der Waals surface area contributed by atoms with E-state index in [1.165, 1.54) is 0 Å². The summed E-state index contributed by atoms with van der Waals surface area (Å²) in [5.74, 6) is 0.0458. The molecule has 5 aromatic carbocycles. The third-order valence-corrected chi connectivity index (χ3v) is 6.22. The molecule has 0 amide bonds. The number of aryl methyl sites for hydroxylation is 1. The van der Waals surface area contributed by atoms with Gasteiger partial charge in [-0.15, -0.1) is 0 Å². The van der Waals surface area contributed by atoms with E-state index < -0.39 is 11.9 Å². The molecule has 0 aliphatic rings. The molecular weight excluding hydrogens is 448 g/mol. The number of carbonyl (C=O) groups is 2. The van der Waals surface area contributed by atoms with E-state index in [0.717, 1.165) is 30.2 Å². The molecule has 178 valence electrons. The maximum Gasteiger partial charge on any atom is 0.343 e. The van der Waals surface area contributed by atoms with Crippen molar-refractivity contribution in [3.8, 4) is 11.5 Å². The van der Waals surface area contributed by atoms with Gasteiger partial charge in [-0.25, -0.2) is 9.59 Å². The zero-order valence-electron chi connectivity index (χ0n) is 20.1. The number of hydrogen-bond donors (Lipinski definition) is 0. The highest BCUT2D eigenvalue weighted by atomic mass is 16.5. The summed E-state index contributed by atoms with van der Waals surface area (Å²) in [7, 11) is 0. The molecule has 0 fully saturated rings. The van der Waals surface area contributed by atoms with Gasteiger partial charge in [0.15, 0.2) is 0 Å². The first-order valence-corrected chi connectivity index (χ1v) is 12.2. The molecule has 0 saturated carbocycles. The van der Waals surface area contributed by atoms with Gasteiger partial charge in [0.25, 0.3) is 0 Å². The predicted octanol–water partition coefficient (Wildman–Crippen LogP) is 7.77. The highest BCUT2D eigenvalue weighted by molar-refractivity contribution is 6.14. The average Bonchev–Trinajstić information content (AvgIpc) is 2.94. The molecule has 0 bridgehead atoms. The fourth-order valence-electron chi connectivity index (χ4n) is 4.35. The van der Waals surface area contributed by atoms with E-state index in [4.69, 9.17) is 9.47 Å². The zero-order valence-corrected chi connectivity index (χ0v) is 20.1. The Morgan fingerprint density at radius 2 is 1.06 bits per heavy atom. The minimum Gasteiger partial charge on any atom is -0.422 e. The van der Waals surface area contributed by atoms with Gasteiger partial charge in [0, 0.05) is 21.5 Å². The van der Waals surface area contributed by atoms with Crippen molar-refractivity contribution in [2.45, 2.75) is 26.2 Å². The van der Waals surface area contributed by atoms with Crippen molar-refractivity contribution in [2.24, 2.45) is 0 Å². The van der Waals surface area contributed by atoms with E-state index in [-0.39, 0.29) is 0 Å². The molecule has 4 nitrogen and oxygen atoms in total. The largest absolute Gasteiger partial charge is 0.422 e. The van der Waals surface area contributed by atoms with Crippen LogP contribution in [0.4, 0.5) is 0 Å². The summed E-state index contributed by atoms with van der Waals surface area (Å²) in [4.78, 5) is 26.1. The van der Waals surface area contributed by atoms with Gasteiger partial charge in [-0.2, -0.15) is 0 Å². The molecule has 5 aromatic rings. The van der Waals surface area contributed by atoms with Crippen LogP contribution in [0.2, 0.25) is 0 Å². The number of esters is 2. The number of ether oxygens (including phenoxy) is 2. The number of unbranched alkanes of at least 4 members (excludes halogenated alkanes) is 1. The van der Waals surface area contributed by atoms with Gasteiger partial charge < -0.3 is 9.47 Å². The zero-order chi connectivity index (χ0) is 24.9. The minimum atomic E-state index is -0.439. The Morgan fingerprint density at radius 1 is 0.583 bits per heavy atom. The molecule has 0 saturated heterocycles. The van der Waals surface area contributed by atoms with Crippen molar-refractivity contribution < 1.29 is 19.1 Å². The molecule has 5 rings (SSSR count).